The number of benzene rings is 1. The summed E-state index contributed by atoms with van der Waals surface area (Å²) in [6.07, 6.45) is 4.35. The molecule has 106 valence electrons. The van der Waals surface area contributed by atoms with Crippen molar-refractivity contribution in [3.8, 4) is 11.6 Å². The molecule has 1 aromatic carbocycles. The first-order valence-corrected chi connectivity index (χ1v) is 6.83. The molecule has 0 fully saturated rings. The van der Waals surface area contributed by atoms with Gasteiger partial charge in [-0.15, -0.1) is 0 Å². The Labute approximate surface area is 120 Å². The predicted molar refractivity (Wildman–Crippen MR) is 81.4 cm³/mol. The first-order chi connectivity index (χ1) is 9.55. The maximum absolute atomic E-state index is 5.71. The van der Waals surface area contributed by atoms with Crippen molar-refractivity contribution in [2.45, 2.75) is 32.6 Å². The van der Waals surface area contributed by atoms with Gasteiger partial charge < -0.3 is 10.1 Å². The molecule has 0 unspecified atom stereocenters. The normalized spacial score (nSPS) is 11.2. The number of ether oxygens (including phenoxy) is 1. The molecule has 0 saturated heterocycles. The van der Waals surface area contributed by atoms with Gasteiger partial charge >= 0.3 is 0 Å². The van der Waals surface area contributed by atoms with E-state index in [1.165, 1.54) is 5.56 Å². The van der Waals surface area contributed by atoms with E-state index in [0.717, 1.165) is 12.2 Å². The molecule has 1 aromatic heterocycles. The minimum Gasteiger partial charge on any atom is -0.437 e. The van der Waals surface area contributed by atoms with Gasteiger partial charge in [-0.2, -0.15) is 4.98 Å². The average Bonchev–Trinajstić information content (AvgIpc) is 2.48. The highest BCUT2D eigenvalue weighted by molar-refractivity contribution is 5.36. The van der Waals surface area contributed by atoms with Crippen molar-refractivity contribution < 1.29 is 4.74 Å². The molecule has 0 spiro atoms. The number of aromatic nitrogens is 2. The van der Waals surface area contributed by atoms with E-state index in [4.69, 9.17) is 4.74 Å². The summed E-state index contributed by atoms with van der Waals surface area (Å²) in [4.78, 5) is 8.35. The Bertz CT molecular complexity index is 564. The van der Waals surface area contributed by atoms with E-state index in [2.05, 4.69) is 48.2 Å². The zero-order chi connectivity index (χ0) is 14.6. The zero-order valence-electron chi connectivity index (χ0n) is 12.5. The molecule has 0 atom stereocenters. The fraction of sp³-hybridized carbons (Fsp3) is 0.375. The molecule has 20 heavy (non-hydrogen) atoms. The van der Waals surface area contributed by atoms with E-state index in [1.54, 1.807) is 19.4 Å². The Balaban J connectivity index is 2.14. The van der Waals surface area contributed by atoms with Crippen LogP contribution >= 0.6 is 0 Å². The van der Waals surface area contributed by atoms with Gasteiger partial charge in [-0.1, -0.05) is 32.9 Å². The quantitative estimate of drug-likeness (QED) is 0.893. The Morgan fingerprint density at radius 1 is 1.15 bits per heavy atom. The lowest BCUT2D eigenvalue weighted by molar-refractivity contribution is 0.458. The molecule has 0 bridgehead atoms. The second kappa shape index (κ2) is 5.90. The van der Waals surface area contributed by atoms with Crippen LogP contribution in [0.3, 0.4) is 0 Å². The molecule has 0 radical (unpaired) electrons. The maximum atomic E-state index is 5.71. The van der Waals surface area contributed by atoms with Crippen LogP contribution in [0.25, 0.3) is 0 Å². The van der Waals surface area contributed by atoms with Crippen LogP contribution in [-0.4, -0.2) is 17.0 Å². The number of nitrogens with zero attached hydrogens (tertiary/aromatic N) is 2. The van der Waals surface area contributed by atoms with Gasteiger partial charge in [0.1, 0.15) is 11.6 Å². The number of nitrogens with one attached hydrogen (secondary N) is 1. The van der Waals surface area contributed by atoms with E-state index in [9.17, 15) is 0 Å². The van der Waals surface area contributed by atoms with E-state index in [-0.39, 0.29) is 5.41 Å². The van der Waals surface area contributed by atoms with Gasteiger partial charge in [-0.25, -0.2) is 0 Å². The molecule has 2 aromatic rings. The second-order valence-corrected chi connectivity index (χ2v) is 5.36. The highest BCUT2D eigenvalue weighted by atomic mass is 16.5. The standard InChI is InChI=1S/C16H21N3O/c1-5-16(2,3)12-6-8-13(9-7-12)20-15-11-18-10-14(17-4)19-15/h6-11H,5H2,1-4H3,(H,17,19). The molecule has 0 aliphatic rings. The fourth-order valence-corrected chi connectivity index (χ4v) is 1.82. The van der Waals surface area contributed by atoms with Crippen molar-refractivity contribution in [1.82, 2.24) is 9.97 Å². The van der Waals surface area contributed by atoms with E-state index < -0.39 is 0 Å². The van der Waals surface area contributed by atoms with Crippen LogP contribution in [-0.2, 0) is 5.41 Å². The number of rotatable bonds is 5. The van der Waals surface area contributed by atoms with Crippen molar-refractivity contribution in [2.75, 3.05) is 12.4 Å². The first kappa shape index (κ1) is 14.3. The number of hydrogen-bond donors (Lipinski definition) is 1. The van der Waals surface area contributed by atoms with Crippen molar-refractivity contribution in [3.63, 3.8) is 0 Å². The highest BCUT2D eigenvalue weighted by Crippen LogP contribution is 2.29. The lowest BCUT2D eigenvalue weighted by atomic mass is 9.82. The van der Waals surface area contributed by atoms with Crippen LogP contribution in [0.15, 0.2) is 36.7 Å². The third-order valence-electron chi connectivity index (χ3n) is 3.61. The van der Waals surface area contributed by atoms with Crippen molar-refractivity contribution >= 4 is 5.82 Å². The van der Waals surface area contributed by atoms with Crippen LogP contribution in [0.5, 0.6) is 11.6 Å². The molecule has 0 aliphatic carbocycles. The lowest BCUT2D eigenvalue weighted by Crippen LogP contribution is -2.14. The minimum absolute atomic E-state index is 0.185. The van der Waals surface area contributed by atoms with E-state index in [1.807, 2.05) is 12.1 Å². The Morgan fingerprint density at radius 3 is 2.45 bits per heavy atom. The summed E-state index contributed by atoms with van der Waals surface area (Å²) in [6, 6.07) is 8.16. The summed E-state index contributed by atoms with van der Waals surface area (Å²) >= 11 is 0. The van der Waals surface area contributed by atoms with Crippen LogP contribution in [0.4, 0.5) is 5.82 Å². The third kappa shape index (κ3) is 3.26. The molecule has 0 aliphatic heterocycles. The summed E-state index contributed by atoms with van der Waals surface area (Å²) < 4.78 is 5.71. The van der Waals surface area contributed by atoms with Crippen molar-refractivity contribution in [1.29, 1.82) is 0 Å². The second-order valence-electron chi connectivity index (χ2n) is 5.36. The van der Waals surface area contributed by atoms with Crippen molar-refractivity contribution in [3.05, 3.63) is 42.2 Å². The van der Waals surface area contributed by atoms with Crippen LogP contribution in [0.1, 0.15) is 32.8 Å². The average molecular weight is 271 g/mol. The minimum atomic E-state index is 0.185. The number of hydrogen-bond acceptors (Lipinski definition) is 4. The molecule has 4 nitrogen and oxygen atoms in total. The van der Waals surface area contributed by atoms with Gasteiger partial charge in [0, 0.05) is 7.05 Å². The topological polar surface area (TPSA) is 47.0 Å². The monoisotopic (exact) mass is 271 g/mol. The van der Waals surface area contributed by atoms with E-state index >= 15 is 0 Å². The SMILES string of the molecule is CCC(C)(C)c1ccc(Oc2cncc(NC)n2)cc1. The van der Waals surface area contributed by atoms with Gasteiger partial charge in [0.2, 0.25) is 5.88 Å². The van der Waals surface area contributed by atoms with Crippen molar-refractivity contribution in [2.24, 2.45) is 0 Å². The molecule has 4 heteroatoms. The summed E-state index contributed by atoms with van der Waals surface area (Å²) in [5.74, 6) is 1.94. The van der Waals surface area contributed by atoms with Gasteiger partial charge in [0.15, 0.2) is 0 Å². The molecule has 1 heterocycles. The maximum Gasteiger partial charge on any atom is 0.239 e. The predicted octanol–water partition coefficient (Wildman–Crippen LogP) is 4.00. The summed E-state index contributed by atoms with van der Waals surface area (Å²) in [6.45, 7) is 6.68. The molecule has 1 N–H and O–H groups in total. The molecule has 2 rings (SSSR count). The van der Waals surface area contributed by atoms with Gasteiger partial charge in [0.05, 0.1) is 12.4 Å². The van der Waals surface area contributed by atoms with Crippen LogP contribution in [0.2, 0.25) is 0 Å². The smallest absolute Gasteiger partial charge is 0.239 e. The molecule has 0 amide bonds. The Morgan fingerprint density at radius 2 is 1.85 bits per heavy atom. The van der Waals surface area contributed by atoms with Crippen LogP contribution in [0, 0.1) is 0 Å². The van der Waals surface area contributed by atoms with E-state index in [0.29, 0.717) is 11.7 Å². The molecular formula is C16H21N3O. The van der Waals surface area contributed by atoms with Crippen LogP contribution < -0.4 is 10.1 Å². The largest absolute Gasteiger partial charge is 0.437 e. The van der Waals surface area contributed by atoms with Gasteiger partial charge in [-0.3, -0.25) is 4.98 Å². The summed E-state index contributed by atoms with van der Waals surface area (Å²) in [5, 5.41) is 2.94. The fourth-order valence-electron chi connectivity index (χ4n) is 1.82. The Kier molecular flexibility index (Phi) is 4.23. The zero-order valence-corrected chi connectivity index (χ0v) is 12.5. The van der Waals surface area contributed by atoms with Gasteiger partial charge in [-0.05, 0) is 29.5 Å². The third-order valence-corrected chi connectivity index (χ3v) is 3.61. The highest BCUT2D eigenvalue weighted by Gasteiger charge is 2.17. The molecular weight excluding hydrogens is 250 g/mol. The molecule has 0 saturated carbocycles. The lowest BCUT2D eigenvalue weighted by Gasteiger charge is -2.23. The van der Waals surface area contributed by atoms with Gasteiger partial charge in [0.25, 0.3) is 0 Å². The first-order valence-electron chi connectivity index (χ1n) is 6.83. The number of anilines is 1. The Hall–Kier alpha value is -2.10. The summed E-state index contributed by atoms with van der Waals surface area (Å²) in [5.41, 5.74) is 1.49. The summed E-state index contributed by atoms with van der Waals surface area (Å²) in [7, 11) is 1.80.